The quantitative estimate of drug-likeness (QED) is 0.686. The van der Waals surface area contributed by atoms with Gasteiger partial charge in [0.15, 0.2) is 0 Å². The highest BCUT2D eigenvalue weighted by Crippen LogP contribution is 2.25. The Morgan fingerprint density at radius 1 is 1.25 bits per heavy atom. The van der Waals surface area contributed by atoms with Gasteiger partial charge in [-0.3, -0.25) is 4.79 Å². The number of rotatable bonds is 3. The van der Waals surface area contributed by atoms with Gasteiger partial charge in [0.1, 0.15) is 24.2 Å². The molecule has 2 aromatic carbocycles. The summed E-state index contributed by atoms with van der Waals surface area (Å²) in [4.78, 5) is 17.9. The summed E-state index contributed by atoms with van der Waals surface area (Å²) in [5.74, 6) is -0.822. The SMILES string of the molecule is Cc1cc(Br)ccc1N(C)C(=O)c1ccc(-n2cncn2)c(F)c1. The Morgan fingerprint density at radius 3 is 2.67 bits per heavy atom. The van der Waals surface area contributed by atoms with E-state index in [2.05, 4.69) is 26.0 Å². The van der Waals surface area contributed by atoms with Crippen molar-refractivity contribution in [3.05, 3.63) is 70.5 Å². The van der Waals surface area contributed by atoms with Crippen molar-refractivity contribution < 1.29 is 9.18 Å². The number of amides is 1. The van der Waals surface area contributed by atoms with Gasteiger partial charge in [0, 0.05) is 22.8 Å². The molecule has 7 heteroatoms. The number of hydrogen-bond donors (Lipinski definition) is 0. The van der Waals surface area contributed by atoms with Gasteiger partial charge < -0.3 is 4.90 Å². The number of halogens is 2. The van der Waals surface area contributed by atoms with Crippen molar-refractivity contribution in [3.63, 3.8) is 0 Å². The van der Waals surface area contributed by atoms with Gasteiger partial charge in [-0.2, -0.15) is 5.10 Å². The first kappa shape index (κ1) is 16.3. The standard InChI is InChI=1S/C17H14BrFN4O/c1-11-7-13(18)4-6-15(11)22(2)17(24)12-3-5-16(14(19)8-12)23-10-20-9-21-23/h3-10H,1-2H3. The highest BCUT2D eigenvalue weighted by molar-refractivity contribution is 9.10. The number of aromatic nitrogens is 3. The molecule has 1 heterocycles. The van der Waals surface area contributed by atoms with Gasteiger partial charge >= 0.3 is 0 Å². The second-order valence-electron chi connectivity index (χ2n) is 5.30. The van der Waals surface area contributed by atoms with Crippen LogP contribution in [-0.2, 0) is 0 Å². The first-order chi connectivity index (χ1) is 11.5. The maximum absolute atomic E-state index is 14.3. The van der Waals surface area contributed by atoms with E-state index in [0.29, 0.717) is 0 Å². The molecule has 0 radical (unpaired) electrons. The van der Waals surface area contributed by atoms with Crippen LogP contribution in [0.3, 0.4) is 0 Å². The predicted molar refractivity (Wildman–Crippen MR) is 92.9 cm³/mol. The highest BCUT2D eigenvalue weighted by Gasteiger charge is 2.17. The molecule has 1 amide bonds. The molecule has 0 fully saturated rings. The summed E-state index contributed by atoms with van der Waals surface area (Å²) in [6, 6.07) is 9.93. The molecule has 3 rings (SSSR count). The summed E-state index contributed by atoms with van der Waals surface area (Å²) >= 11 is 3.40. The Labute approximate surface area is 146 Å². The molecule has 0 atom stereocenters. The van der Waals surface area contributed by atoms with Gasteiger partial charge in [-0.15, -0.1) is 0 Å². The molecule has 0 spiro atoms. The molecular weight excluding hydrogens is 375 g/mol. The van der Waals surface area contributed by atoms with Crippen molar-refractivity contribution in [2.75, 3.05) is 11.9 Å². The van der Waals surface area contributed by atoms with Crippen LogP contribution in [0.1, 0.15) is 15.9 Å². The molecule has 0 aliphatic rings. The Hall–Kier alpha value is -2.54. The molecule has 0 bridgehead atoms. The summed E-state index contributed by atoms with van der Waals surface area (Å²) in [7, 11) is 1.67. The lowest BCUT2D eigenvalue weighted by Gasteiger charge is -2.20. The van der Waals surface area contributed by atoms with Crippen molar-refractivity contribution in [2.24, 2.45) is 0 Å². The lowest BCUT2D eigenvalue weighted by molar-refractivity contribution is 0.0992. The van der Waals surface area contributed by atoms with Gasteiger partial charge in [-0.1, -0.05) is 15.9 Å². The maximum Gasteiger partial charge on any atom is 0.258 e. The lowest BCUT2D eigenvalue weighted by Crippen LogP contribution is -2.27. The van der Waals surface area contributed by atoms with Crippen molar-refractivity contribution in [3.8, 4) is 5.69 Å². The monoisotopic (exact) mass is 388 g/mol. The van der Waals surface area contributed by atoms with Crippen LogP contribution in [0, 0.1) is 12.7 Å². The van der Waals surface area contributed by atoms with Gasteiger partial charge in [0.25, 0.3) is 5.91 Å². The average Bonchev–Trinajstić information content (AvgIpc) is 3.07. The normalized spacial score (nSPS) is 10.7. The molecule has 0 aliphatic carbocycles. The van der Waals surface area contributed by atoms with E-state index in [-0.39, 0.29) is 17.2 Å². The predicted octanol–water partition coefficient (Wildman–Crippen LogP) is 3.75. The Bertz CT molecular complexity index is 896. The molecule has 24 heavy (non-hydrogen) atoms. The Kier molecular flexibility index (Phi) is 4.44. The molecule has 0 unspecified atom stereocenters. The van der Waals surface area contributed by atoms with Crippen molar-refractivity contribution in [1.29, 1.82) is 0 Å². The topological polar surface area (TPSA) is 51.0 Å². The summed E-state index contributed by atoms with van der Waals surface area (Å²) in [5.41, 5.74) is 2.22. The smallest absolute Gasteiger partial charge is 0.258 e. The van der Waals surface area contributed by atoms with Crippen LogP contribution in [-0.4, -0.2) is 27.7 Å². The van der Waals surface area contributed by atoms with Crippen molar-refractivity contribution in [2.45, 2.75) is 6.92 Å². The number of aryl methyl sites for hydroxylation is 1. The third-order valence-electron chi connectivity index (χ3n) is 3.69. The number of nitrogens with zero attached hydrogens (tertiary/aromatic N) is 4. The molecule has 5 nitrogen and oxygen atoms in total. The molecule has 0 saturated heterocycles. The van der Waals surface area contributed by atoms with Crippen molar-refractivity contribution in [1.82, 2.24) is 14.8 Å². The van der Waals surface area contributed by atoms with E-state index >= 15 is 0 Å². The average molecular weight is 389 g/mol. The van der Waals surface area contributed by atoms with Gasteiger partial charge in [0.2, 0.25) is 0 Å². The lowest BCUT2D eigenvalue weighted by atomic mass is 10.1. The molecule has 1 aromatic heterocycles. The van der Waals surface area contributed by atoms with Crippen LogP contribution in [0.25, 0.3) is 5.69 Å². The van der Waals surface area contributed by atoms with E-state index in [1.54, 1.807) is 13.1 Å². The van der Waals surface area contributed by atoms with Crippen LogP contribution in [0.4, 0.5) is 10.1 Å². The summed E-state index contributed by atoms with van der Waals surface area (Å²) in [6.45, 7) is 1.91. The number of benzene rings is 2. The minimum Gasteiger partial charge on any atom is -0.311 e. The van der Waals surface area contributed by atoms with Crippen LogP contribution < -0.4 is 4.90 Å². The zero-order chi connectivity index (χ0) is 17.3. The molecule has 0 aliphatic heterocycles. The Morgan fingerprint density at radius 2 is 2.04 bits per heavy atom. The molecule has 0 saturated carbocycles. The van der Waals surface area contributed by atoms with Crippen LogP contribution in [0.2, 0.25) is 0 Å². The molecular formula is C17H14BrFN4O. The van der Waals surface area contributed by atoms with E-state index in [1.807, 2.05) is 25.1 Å². The fraction of sp³-hybridized carbons (Fsp3) is 0.118. The fourth-order valence-electron chi connectivity index (χ4n) is 2.46. The zero-order valence-corrected chi connectivity index (χ0v) is 14.7. The Balaban J connectivity index is 1.91. The van der Waals surface area contributed by atoms with Crippen LogP contribution in [0.5, 0.6) is 0 Å². The summed E-state index contributed by atoms with van der Waals surface area (Å²) in [5, 5.41) is 3.89. The number of anilines is 1. The summed E-state index contributed by atoms with van der Waals surface area (Å²) in [6.07, 6.45) is 2.72. The van der Waals surface area contributed by atoms with E-state index in [0.717, 1.165) is 15.7 Å². The van der Waals surface area contributed by atoms with E-state index in [9.17, 15) is 9.18 Å². The van der Waals surface area contributed by atoms with Gasteiger partial charge in [-0.05, 0) is 48.9 Å². The number of carbonyl (C=O) groups excluding carboxylic acids is 1. The van der Waals surface area contributed by atoms with E-state index in [4.69, 9.17) is 0 Å². The zero-order valence-electron chi connectivity index (χ0n) is 13.1. The first-order valence-corrected chi connectivity index (χ1v) is 7.95. The van der Waals surface area contributed by atoms with Crippen molar-refractivity contribution >= 4 is 27.5 Å². The molecule has 0 N–H and O–H groups in total. The number of hydrogen-bond acceptors (Lipinski definition) is 3. The van der Waals surface area contributed by atoms with E-state index in [1.165, 1.54) is 34.4 Å². The molecule has 122 valence electrons. The van der Waals surface area contributed by atoms with E-state index < -0.39 is 5.82 Å². The van der Waals surface area contributed by atoms with Gasteiger partial charge in [-0.25, -0.2) is 14.1 Å². The fourth-order valence-corrected chi connectivity index (χ4v) is 2.93. The third kappa shape index (κ3) is 3.07. The van der Waals surface area contributed by atoms with Crippen LogP contribution in [0.15, 0.2) is 53.5 Å². The largest absolute Gasteiger partial charge is 0.311 e. The minimum atomic E-state index is -0.535. The summed E-state index contributed by atoms with van der Waals surface area (Å²) < 4.78 is 16.6. The minimum absolute atomic E-state index is 0.242. The first-order valence-electron chi connectivity index (χ1n) is 7.16. The second-order valence-corrected chi connectivity index (χ2v) is 6.22. The maximum atomic E-state index is 14.3. The number of carbonyl (C=O) groups is 1. The van der Waals surface area contributed by atoms with Crippen LogP contribution >= 0.6 is 15.9 Å². The highest BCUT2D eigenvalue weighted by atomic mass is 79.9. The third-order valence-corrected chi connectivity index (χ3v) is 4.18. The van der Waals surface area contributed by atoms with Gasteiger partial charge in [0.05, 0.1) is 0 Å². The molecule has 3 aromatic rings. The second kappa shape index (κ2) is 6.52.